The second-order valence-electron chi connectivity index (χ2n) is 7.58. The Labute approximate surface area is 197 Å². The number of carbonyl (C=O) groups excluding carboxylic acids is 2. The molecule has 7 nitrogen and oxygen atoms in total. The van der Waals surface area contributed by atoms with Gasteiger partial charge in [-0.2, -0.15) is 0 Å². The molecule has 0 bridgehead atoms. The number of hydrogen-bond donors (Lipinski definition) is 3. The van der Waals surface area contributed by atoms with Crippen molar-refractivity contribution in [1.29, 1.82) is 0 Å². The highest BCUT2D eigenvalue weighted by Gasteiger charge is 2.13. The Morgan fingerprint density at radius 2 is 1.68 bits per heavy atom. The maximum absolute atomic E-state index is 13.5. The van der Waals surface area contributed by atoms with Gasteiger partial charge in [0.1, 0.15) is 17.3 Å². The number of amides is 2. The number of nitrogens with zero attached hydrogens (tertiary/aromatic N) is 2. The molecule has 5 aromatic rings. The zero-order chi connectivity index (χ0) is 23.7. The summed E-state index contributed by atoms with van der Waals surface area (Å²) in [4.78, 5) is 35.6. The predicted octanol–water partition coefficient (Wildman–Crippen LogP) is 5.70. The van der Waals surface area contributed by atoms with E-state index in [0.717, 1.165) is 16.7 Å². The number of imidazole rings is 1. The lowest BCUT2D eigenvalue weighted by molar-refractivity contribution is -0.114. The fourth-order valence-corrected chi connectivity index (χ4v) is 4.26. The Morgan fingerprint density at radius 3 is 2.50 bits per heavy atom. The minimum absolute atomic E-state index is 0.225. The second-order valence-corrected chi connectivity index (χ2v) is 8.44. The predicted molar refractivity (Wildman–Crippen MR) is 131 cm³/mol. The van der Waals surface area contributed by atoms with Gasteiger partial charge >= 0.3 is 0 Å². The number of H-pyrrole nitrogens is 1. The van der Waals surface area contributed by atoms with E-state index >= 15 is 0 Å². The maximum Gasteiger partial charge on any atom is 0.275 e. The van der Waals surface area contributed by atoms with Gasteiger partial charge in [-0.1, -0.05) is 30.3 Å². The molecule has 2 aromatic heterocycles. The second kappa shape index (κ2) is 8.87. The van der Waals surface area contributed by atoms with Gasteiger partial charge in [0.05, 0.1) is 11.0 Å². The van der Waals surface area contributed by atoms with Gasteiger partial charge in [-0.25, -0.2) is 14.4 Å². The highest BCUT2D eigenvalue weighted by Crippen LogP contribution is 2.28. The monoisotopic (exact) mass is 471 g/mol. The van der Waals surface area contributed by atoms with Crippen molar-refractivity contribution >= 4 is 45.0 Å². The third kappa shape index (κ3) is 4.55. The first-order valence-corrected chi connectivity index (χ1v) is 11.2. The van der Waals surface area contributed by atoms with Crippen LogP contribution in [0.5, 0.6) is 0 Å². The number of aromatic nitrogens is 3. The first-order chi connectivity index (χ1) is 16.4. The van der Waals surface area contributed by atoms with E-state index in [0.29, 0.717) is 27.7 Å². The van der Waals surface area contributed by atoms with Crippen LogP contribution in [0.1, 0.15) is 17.4 Å². The number of fused-ring (bicyclic) bond motifs is 1. The van der Waals surface area contributed by atoms with Gasteiger partial charge in [0.25, 0.3) is 5.91 Å². The van der Waals surface area contributed by atoms with E-state index in [-0.39, 0.29) is 23.3 Å². The number of benzene rings is 3. The Balaban J connectivity index is 1.38. The van der Waals surface area contributed by atoms with Crippen LogP contribution in [-0.4, -0.2) is 26.8 Å². The zero-order valence-electron chi connectivity index (χ0n) is 17.9. The van der Waals surface area contributed by atoms with Crippen LogP contribution >= 0.6 is 11.3 Å². The molecule has 0 aliphatic carbocycles. The number of thiazole rings is 1. The molecule has 2 heterocycles. The molecule has 0 fully saturated rings. The van der Waals surface area contributed by atoms with Crippen molar-refractivity contribution in [2.45, 2.75) is 6.92 Å². The first-order valence-electron chi connectivity index (χ1n) is 10.4. The maximum atomic E-state index is 13.5. The van der Waals surface area contributed by atoms with Crippen LogP contribution in [-0.2, 0) is 4.79 Å². The minimum Gasteiger partial charge on any atom is -0.338 e. The highest BCUT2D eigenvalue weighted by molar-refractivity contribution is 7.14. The minimum atomic E-state index is -0.367. The van der Waals surface area contributed by atoms with Crippen molar-refractivity contribution in [1.82, 2.24) is 15.0 Å². The molecule has 2 amide bonds. The van der Waals surface area contributed by atoms with Crippen molar-refractivity contribution in [2.24, 2.45) is 0 Å². The molecular weight excluding hydrogens is 453 g/mol. The van der Waals surface area contributed by atoms with Gasteiger partial charge in [0.2, 0.25) is 5.91 Å². The van der Waals surface area contributed by atoms with Crippen LogP contribution in [0.15, 0.2) is 72.1 Å². The topological polar surface area (TPSA) is 99.8 Å². The Kier molecular flexibility index (Phi) is 5.60. The summed E-state index contributed by atoms with van der Waals surface area (Å²) < 4.78 is 13.5. The summed E-state index contributed by atoms with van der Waals surface area (Å²) >= 11 is 1.18. The third-order valence-electron chi connectivity index (χ3n) is 5.05. The standard InChI is InChI=1S/C25H18FN5O2S/c1-14(32)27-25-31-22(13-34-25)24(33)28-19-7-3-5-16(11-19)15-4-2-6-17(10-15)23-29-20-9-8-18(26)12-21(20)30-23/h2-13H,1H3,(H,28,33)(H,29,30)(H,27,31,32). The number of rotatable bonds is 5. The smallest absolute Gasteiger partial charge is 0.275 e. The van der Waals surface area contributed by atoms with Crippen molar-refractivity contribution < 1.29 is 14.0 Å². The van der Waals surface area contributed by atoms with Crippen LogP contribution in [0.3, 0.4) is 0 Å². The fraction of sp³-hybridized carbons (Fsp3) is 0.0400. The molecule has 0 atom stereocenters. The summed E-state index contributed by atoms with van der Waals surface area (Å²) in [6.45, 7) is 1.38. The average Bonchev–Trinajstić information content (AvgIpc) is 3.46. The summed E-state index contributed by atoms with van der Waals surface area (Å²) in [7, 11) is 0. The normalized spacial score (nSPS) is 10.9. The van der Waals surface area contributed by atoms with Crippen molar-refractivity contribution in [3.8, 4) is 22.5 Å². The van der Waals surface area contributed by atoms with E-state index in [4.69, 9.17) is 0 Å². The molecule has 0 aliphatic rings. The number of carbonyl (C=O) groups is 2. The molecule has 0 saturated heterocycles. The Bertz CT molecular complexity index is 1540. The SMILES string of the molecule is CC(=O)Nc1nc(C(=O)Nc2cccc(-c3cccc(-c4nc5ccc(F)cc5[nH]4)c3)c2)cs1. The van der Waals surface area contributed by atoms with Gasteiger partial charge in [-0.05, 0) is 47.5 Å². The number of hydrogen-bond acceptors (Lipinski definition) is 5. The highest BCUT2D eigenvalue weighted by atomic mass is 32.1. The molecular formula is C25H18FN5O2S. The molecule has 3 aromatic carbocycles. The van der Waals surface area contributed by atoms with Crippen molar-refractivity contribution in [2.75, 3.05) is 10.6 Å². The quantitative estimate of drug-likeness (QED) is 0.306. The van der Waals surface area contributed by atoms with Crippen LogP contribution in [0.4, 0.5) is 15.2 Å². The number of aromatic amines is 1. The van der Waals surface area contributed by atoms with E-state index < -0.39 is 0 Å². The van der Waals surface area contributed by atoms with E-state index in [1.165, 1.54) is 30.4 Å². The number of halogens is 1. The van der Waals surface area contributed by atoms with Gasteiger partial charge < -0.3 is 15.6 Å². The molecule has 0 unspecified atom stereocenters. The van der Waals surface area contributed by atoms with Gasteiger partial charge in [0.15, 0.2) is 5.13 Å². The Morgan fingerprint density at radius 1 is 0.912 bits per heavy atom. The largest absolute Gasteiger partial charge is 0.338 e. The van der Waals surface area contributed by atoms with Crippen LogP contribution in [0.25, 0.3) is 33.5 Å². The van der Waals surface area contributed by atoms with Gasteiger partial charge in [-0.15, -0.1) is 11.3 Å². The summed E-state index contributed by atoms with van der Waals surface area (Å²) in [5, 5.41) is 7.37. The third-order valence-corrected chi connectivity index (χ3v) is 5.81. The Hall–Kier alpha value is -4.37. The molecule has 168 valence electrons. The number of anilines is 2. The van der Waals surface area contributed by atoms with Crippen molar-refractivity contribution in [3.63, 3.8) is 0 Å². The molecule has 0 saturated carbocycles. The first kappa shape index (κ1) is 21.5. The lowest BCUT2D eigenvalue weighted by Crippen LogP contribution is -2.13. The van der Waals surface area contributed by atoms with E-state index in [2.05, 4.69) is 25.6 Å². The summed E-state index contributed by atoms with van der Waals surface area (Å²) in [6, 6.07) is 19.7. The molecule has 3 N–H and O–H groups in total. The lowest BCUT2D eigenvalue weighted by atomic mass is 10.0. The molecule has 9 heteroatoms. The number of nitrogens with one attached hydrogen (secondary N) is 3. The molecule has 0 radical (unpaired) electrons. The molecule has 0 aliphatic heterocycles. The average molecular weight is 472 g/mol. The summed E-state index contributed by atoms with van der Waals surface area (Å²) in [5.74, 6) is -0.288. The van der Waals surface area contributed by atoms with Gasteiger partial charge in [0, 0.05) is 23.6 Å². The van der Waals surface area contributed by atoms with Crippen LogP contribution in [0, 0.1) is 5.82 Å². The zero-order valence-corrected chi connectivity index (χ0v) is 18.7. The van der Waals surface area contributed by atoms with E-state index in [1.807, 2.05) is 42.5 Å². The lowest BCUT2D eigenvalue weighted by Gasteiger charge is -2.08. The van der Waals surface area contributed by atoms with Gasteiger partial charge in [-0.3, -0.25) is 9.59 Å². The summed E-state index contributed by atoms with van der Waals surface area (Å²) in [5.41, 5.74) is 4.85. The van der Waals surface area contributed by atoms with Crippen LogP contribution in [0.2, 0.25) is 0 Å². The van der Waals surface area contributed by atoms with E-state index in [1.54, 1.807) is 17.5 Å². The fourth-order valence-electron chi connectivity index (χ4n) is 3.52. The van der Waals surface area contributed by atoms with Crippen LogP contribution < -0.4 is 10.6 Å². The molecule has 5 rings (SSSR count). The molecule has 0 spiro atoms. The van der Waals surface area contributed by atoms with E-state index in [9.17, 15) is 14.0 Å². The molecule has 34 heavy (non-hydrogen) atoms. The summed E-state index contributed by atoms with van der Waals surface area (Å²) in [6.07, 6.45) is 0. The van der Waals surface area contributed by atoms with Crippen molar-refractivity contribution in [3.05, 3.63) is 83.6 Å².